The van der Waals surface area contributed by atoms with E-state index in [0.29, 0.717) is 17.0 Å². The van der Waals surface area contributed by atoms with E-state index in [0.717, 1.165) is 47.5 Å². The zero-order chi connectivity index (χ0) is 20.9. The lowest BCUT2D eigenvalue weighted by Crippen LogP contribution is -2.24. The quantitative estimate of drug-likeness (QED) is 0.411. The standard InChI is InChI=1S/C23H22N4OS2/c1-2-19(29-21-12-18(25-14-26-21)15-8-4-3-5-9-15)22(28)27-23-17(13-24)16-10-6-7-11-20(16)30-23/h3-5,8-9,12,14,19H,2,6-7,10-11H2,1H3,(H,27,28). The van der Waals surface area contributed by atoms with E-state index in [2.05, 4.69) is 21.4 Å². The maximum absolute atomic E-state index is 13.0. The predicted octanol–water partition coefficient (Wildman–Crippen LogP) is 5.46. The number of amides is 1. The Bertz CT molecular complexity index is 1090. The molecule has 0 fully saturated rings. The van der Waals surface area contributed by atoms with Gasteiger partial charge >= 0.3 is 0 Å². The van der Waals surface area contributed by atoms with Gasteiger partial charge in [-0.25, -0.2) is 9.97 Å². The molecule has 3 aromatic rings. The summed E-state index contributed by atoms with van der Waals surface area (Å²) in [6, 6.07) is 14.1. The van der Waals surface area contributed by atoms with E-state index in [1.165, 1.54) is 23.0 Å². The molecular weight excluding hydrogens is 412 g/mol. The van der Waals surface area contributed by atoms with Gasteiger partial charge in [0, 0.05) is 10.4 Å². The smallest absolute Gasteiger partial charge is 0.238 e. The van der Waals surface area contributed by atoms with E-state index in [1.807, 2.05) is 43.3 Å². The monoisotopic (exact) mass is 434 g/mol. The second kappa shape index (κ2) is 9.41. The Morgan fingerprint density at radius 1 is 1.27 bits per heavy atom. The molecule has 7 heteroatoms. The van der Waals surface area contributed by atoms with Gasteiger partial charge in [0.15, 0.2) is 0 Å². The fourth-order valence-electron chi connectivity index (χ4n) is 3.60. The van der Waals surface area contributed by atoms with Crippen molar-refractivity contribution in [2.24, 2.45) is 0 Å². The molecule has 2 heterocycles. The molecule has 1 amide bonds. The molecule has 0 saturated carbocycles. The van der Waals surface area contributed by atoms with Crippen LogP contribution in [0.1, 0.15) is 42.2 Å². The van der Waals surface area contributed by atoms with Gasteiger partial charge in [-0.3, -0.25) is 4.79 Å². The first-order valence-electron chi connectivity index (χ1n) is 10.1. The average Bonchev–Trinajstić information content (AvgIpc) is 3.15. The summed E-state index contributed by atoms with van der Waals surface area (Å²) in [5.74, 6) is -0.0857. The van der Waals surface area contributed by atoms with Crippen LogP contribution >= 0.6 is 23.1 Å². The second-order valence-corrected chi connectivity index (χ2v) is 9.47. The molecule has 1 aromatic carbocycles. The molecule has 2 aromatic heterocycles. The van der Waals surface area contributed by atoms with Crippen molar-refractivity contribution in [1.82, 2.24) is 9.97 Å². The highest BCUT2D eigenvalue weighted by molar-refractivity contribution is 8.00. The number of nitrogens with zero attached hydrogens (tertiary/aromatic N) is 3. The summed E-state index contributed by atoms with van der Waals surface area (Å²) in [5, 5.41) is 13.8. The minimum Gasteiger partial charge on any atom is -0.316 e. The zero-order valence-electron chi connectivity index (χ0n) is 16.7. The van der Waals surface area contributed by atoms with E-state index in [1.54, 1.807) is 11.3 Å². The molecule has 4 rings (SSSR count). The molecule has 0 bridgehead atoms. The van der Waals surface area contributed by atoms with Gasteiger partial charge in [0.2, 0.25) is 5.91 Å². The lowest BCUT2D eigenvalue weighted by molar-refractivity contribution is -0.115. The van der Waals surface area contributed by atoms with E-state index in [9.17, 15) is 10.1 Å². The minimum absolute atomic E-state index is 0.0857. The Labute approximate surface area is 184 Å². The van der Waals surface area contributed by atoms with Crippen LogP contribution in [0.15, 0.2) is 47.8 Å². The highest BCUT2D eigenvalue weighted by Gasteiger charge is 2.25. The minimum atomic E-state index is -0.297. The number of aromatic nitrogens is 2. The maximum Gasteiger partial charge on any atom is 0.238 e. The zero-order valence-corrected chi connectivity index (χ0v) is 18.4. The van der Waals surface area contributed by atoms with Crippen LogP contribution in [0.3, 0.4) is 0 Å². The average molecular weight is 435 g/mol. The summed E-state index contributed by atoms with van der Waals surface area (Å²) in [6.45, 7) is 1.99. The van der Waals surface area contributed by atoms with Gasteiger partial charge in [-0.2, -0.15) is 5.26 Å². The molecule has 0 saturated heterocycles. The molecule has 30 heavy (non-hydrogen) atoms. The number of nitriles is 1. The van der Waals surface area contributed by atoms with Crippen molar-refractivity contribution < 1.29 is 4.79 Å². The molecule has 1 N–H and O–H groups in total. The van der Waals surface area contributed by atoms with Crippen molar-refractivity contribution in [3.63, 3.8) is 0 Å². The Kier molecular flexibility index (Phi) is 6.46. The number of thioether (sulfide) groups is 1. The van der Waals surface area contributed by atoms with Gasteiger partial charge < -0.3 is 5.32 Å². The summed E-state index contributed by atoms with van der Waals surface area (Å²) in [6.07, 6.45) is 6.39. The highest BCUT2D eigenvalue weighted by Crippen LogP contribution is 2.38. The van der Waals surface area contributed by atoms with Crippen LogP contribution in [0.25, 0.3) is 11.3 Å². The first kappa shape index (κ1) is 20.6. The van der Waals surface area contributed by atoms with Crippen LogP contribution in [-0.4, -0.2) is 21.1 Å². The van der Waals surface area contributed by atoms with Crippen molar-refractivity contribution in [3.05, 3.63) is 58.7 Å². The number of hydrogen-bond acceptors (Lipinski definition) is 6. The Balaban J connectivity index is 1.51. The highest BCUT2D eigenvalue weighted by atomic mass is 32.2. The number of nitrogens with one attached hydrogen (secondary N) is 1. The number of carbonyl (C=O) groups is 1. The Hall–Kier alpha value is -2.69. The molecule has 1 aliphatic rings. The van der Waals surface area contributed by atoms with Gasteiger partial charge in [0.25, 0.3) is 0 Å². The molecule has 0 spiro atoms. The van der Waals surface area contributed by atoms with Crippen LogP contribution in [0.2, 0.25) is 0 Å². The van der Waals surface area contributed by atoms with Crippen LogP contribution in [0, 0.1) is 11.3 Å². The van der Waals surface area contributed by atoms with Crippen LogP contribution in [0.5, 0.6) is 0 Å². The van der Waals surface area contributed by atoms with Crippen molar-refractivity contribution in [2.75, 3.05) is 5.32 Å². The molecule has 1 unspecified atom stereocenters. The first-order chi connectivity index (χ1) is 14.7. The number of hydrogen-bond donors (Lipinski definition) is 1. The number of carbonyl (C=O) groups excluding carboxylic acids is 1. The van der Waals surface area contributed by atoms with E-state index >= 15 is 0 Å². The normalized spacial score (nSPS) is 13.9. The lowest BCUT2D eigenvalue weighted by atomic mass is 9.96. The van der Waals surface area contributed by atoms with Crippen molar-refractivity contribution in [1.29, 1.82) is 5.26 Å². The molecule has 0 radical (unpaired) electrons. The van der Waals surface area contributed by atoms with E-state index < -0.39 is 0 Å². The van der Waals surface area contributed by atoms with Crippen molar-refractivity contribution >= 4 is 34.0 Å². The van der Waals surface area contributed by atoms with E-state index in [4.69, 9.17) is 0 Å². The summed E-state index contributed by atoms with van der Waals surface area (Å²) < 4.78 is 0. The van der Waals surface area contributed by atoms with Crippen LogP contribution < -0.4 is 5.32 Å². The fourth-order valence-corrected chi connectivity index (χ4v) is 5.76. The summed E-state index contributed by atoms with van der Waals surface area (Å²) in [7, 11) is 0. The van der Waals surface area contributed by atoms with Gasteiger partial charge in [-0.15, -0.1) is 11.3 Å². The van der Waals surface area contributed by atoms with Crippen LogP contribution in [0.4, 0.5) is 5.00 Å². The number of thiophene rings is 1. The number of fused-ring (bicyclic) bond motifs is 1. The lowest BCUT2D eigenvalue weighted by Gasteiger charge is -2.14. The first-order valence-corrected chi connectivity index (χ1v) is 11.8. The molecule has 5 nitrogen and oxygen atoms in total. The second-order valence-electron chi connectivity index (χ2n) is 7.14. The Morgan fingerprint density at radius 2 is 2.07 bits per heavy atom. The molecule has 0 aliphatic heterocycles. The fraction of sp³-hybridized carbons (Fsp3) is 0.304. The number of anilines is 1. The number of rotatable bonds is 6. The van der Waals surface area contributed by atoms with Gasteiger partial charge in [0.1, 0.15) is 22.4 Å². The SMILES string of the molecule is CCC(Sc1cc(-c2ccccc2)ncn1)C(=O)Nc1sc2c(c1C#N)CCCC2. The summed E-state index contributed by atoms with van der Waals surface area (Å²) in [5.41, 5.74) is 3.63. The summed E-state index contributed by atoms with van der Waals surface area (Å²) in [4.78, 5) is 23.0. The van der Waals surface area contributed by atoms with Gasteiger partial charge in [-0.1, -0.05) is 49.0 Å². The molecular formula is C23H22N4OS2. The number of benzene rings is 1. The van der Waals surface area contributed by atoms with Gasteiger partial charge in [-0.05, 0) is 43.7 Å². The van der Waals surface area contributed by atoms with Crippen molar-refractivity contribution in [2.45, 2.75) is 49.3 Å². The molecule has 1 atom stereocenters. The molecule has 152 valence electrons. The third kappa shape index (κ3) is 4.40. The van der Waals surface area contributed by atoms with Crippen molar-refractivity contribution in [3.8, 4) is 17.3 Å². The largest absolute Gasteiger partial charge is 0.316 e. The third-order valence-corrected chi connectivity index (χ3v) is 7.66. The maximum atomic E-state index is 13.0. The topological polar surface area (TPSA) is 78.7 Å². The van der Waals surface area contributed by atoms with E-state index in [-0.39, 0.29) is 11.2 Å². The predicted molar refractivity (Wildman–Crippen MR) is 122 cm³/mol. The van der Waals surface area contributed by atoms with Gasteiger partial charge in [0.05, 0.1) is 16.5 Å². The number of aryl methyl sites for hydroxylation is 1. The summed E-state index contributed by atoms with van der Waals surface area (Å²) >= 11 is 2.99. The molecule has 1 aliphatic carbocycles. The Morgan fingerprint density at radius 3 is 2.83 bits per heavy atom. The third-order valence-electron chi connectivity index (χ3n) is 5.16. The van der Waals surface area contributed by atoms with Crippen LogP contribution in [-0.2, 0) is 17.6 Å².